The van der Waals surface area contributed by atoms with Gasteiger partial charge in [0, 0.05) is 11.1 Å². The van der Waals surface area contributed by atoms with E-state index in [4.69, 9.17) is 19.7 Å². The largest absolute Gasteiger partial charge is 0.481 e. The number of carbonyl (C=O) groups is 4. The molecular formula is C46H84O8. The lowest BCUT2D eigenvalue weighted by atomic mass is 10.0. The van der Waals surface area contributed by atoms with Crippen LogP contribution in [0.25, 0.3) is 0 Å². The average molecular weight is 765 g/mol. The molecule has 0 bridgehead atoms. The van der Waals surface area contributed by atoms with Crippen LogP contribution in [-0.4, -0.2) is 47.3 Å². The molecule has 0 saturated heterocycles. The second-order valence-electron chi connectivity index (χ2n) is 15.2. The second kappa shape index (κ2) is 43.1. The van der Waals surface area contributed by atoms with E-state index in [0.717, 1.165) is 25.7 Å². The van der Waals surface area contributed by atoms with Crippen LogP contribution in [0.2, 0.25) is 0 Å². The average Bonchev–Trinajstić information content (AvgIpc) is 3.14. The predicted octanol–water partition coefficient (Wildman–Crippen LogP) is 13.6. The summed E-state index contributed by atoms with van der Waals surface area (Å²) in [4.78, 5) is 43.9. The lowest BCUT2D eigenvalue weighted by Crippen LogP contribution is -2.14. The van der Waals surface area contributed by atoms with Crippen molar-refractivity contribution in [2.45, 2.75) is 232 Å². The molecular weight excluding hydrogens is 680 g/mol. The summed E-state index contributed by atoms with van der Waals surface area (Å²) in [6.45, 7) is 12.1. The van der Waals surface area contributed by atoms with Gasteiger partial charge in [0.25, 0.3) is 0 Å². The van der Waals surface area contributed by atoms with Gasteiger partial charge in [-0.05, 0) is 12.8 Å². The Bertz CT molecular complexity index is 928. The Hall–Kier alpha value is -2.64. The molecule has 8 heteroatoms. The van der Waals surface area contributed by atoms with Crippen LogP contribution in [0, 0.1) is 0 Å². The van der Waals surface area contributed by atoms with E-state index in [9.17, 15) is 19.2 Å². The van der Waals surface area contributed by atoms with Gasteiger partial charge in [0.2, 0.25) is 0 Å². The summed E-state index contributed by atoms with van der Waals surface area (Å²) < 4.78 is 10.6. The fraction of sp³-hybridized carbons (Fsp3) is 0.826. The molecule has 316 valence electrons. The zero-order chi connectivity index (χ0) is 40.3. The van der Waals surface area contributed by atoms with Crippen LogP contribution < -0.4 is 0 Å². The third kappa shape index (κ3) is 43.8. The molecule has 0 aromatic heterocycles. The van der Waals surface area contributed by atoms with Crippen molar-refractivity contribution in [3.63, 3.8) is 0 Å². The Kier molecular flexibility index (Phi) is 42.7. The minimum atomic E-state index is -1.27. The van der Waals surface area contributed by atoms with E-state index < -0.39 is 24.3 Å². The van der Waals surface area contributed by atoms with Gasteiger partial charge in [-0.3, -0.25) is 9.59 Å². The lowest BCUT2D eigenvalue weighted by molar-refractivity contribution is -0.146. The number of carboxylic acids is 2. The maximum absolute atomic E-state index is 12.1. The normalized spacial score (nSPS) is 10.7. The first-order valence-corrected chi connectivity index (χ1v) is 22.3. The zero-order valence-electron chi connectivity index (χ0n) is 35.2. The van der Waals surface area contributed by atoms with Crippen molar-refractivity contribution in [3.8, 4) is 0 Å². The molecule has 0 spiro atoms. The van der Waals surface area contributed by atoms with Crippen LogP contribution in [0.4, 0.5) is 0 Å². The molecule has 0 aliphatic carbocycles. The maximum atomic E-state index is 12.1. The maximum Gasteiger partial charge on any atom is 0.333 e. The van der Waals surface area contributed by atoms with Crippen LogP contribution in [-0.2, 0) is 28.7 Å². The molecule has 0 aromatic rings. The van der Waals surface area contributed by atoms with Gasteiger partial charge in [0.1, 0.15) is 0 Å². The molecule has 0 aliphatic rings. The van der Waals surface area contributed by atoms with E-state index >= 15 is 0 Å². The topological polar surface area (TPSA) is 127 Å². The molecule has 0 atom stereocenters. The summed E-state index contributed by atoms with van der Waals surface area (Å²) in [5, 5.41) is 16.1. The quantitative estimate of drug-likeness (QED) is 0.0359. The van der Waals surface area contributed by atoms with Gasteiger partial charge in [0.15, 0.2) is 0 Å². The van der Waals surface area contributed by atoms with Crippen LogP contribution in [0.15, 0.2) is 24.3 Å². The number of hydrogen-bond acceptors (Lipinski definition) is 6. The first-order chi connectivity index (χ1) is 26.1. The predicted molar refractivity (Wildman–Crippen MR) is 224 cm³/mol. The van der Waals surface area contributed by atoms with Crippen molar-refractivity contribution in [2.75, 3.05) is 13.2 Å². The number of aliphatic carboxylic acids is 2. The van der Waals surface area contributed by atoms with Gasteiger partial charge >= 0.3 is 23.9 Å². The lowest BCUT2D eigenvalue weighted by Gasteiger charge is -2.08. The van der Waals surface area contributed by atoms with Gasteiger partial charge in [-0.1, -0.05) is 220 Å². The standard InChI is InChI=1S/C41H78O4.C5H6O4/c1-4-6-8-10-12-14-16-18-20-22-24-26-28-30-32-34-36-44-40(42)38-39(3)41(43)45-37-35-33-31-29-27-25-23-21-19-17-15-13-11-9-7-5-2;1-3(5(8)9)2-4(6)7/h3-38H2,1-2H3;1-2H2,(H,6,7)(H,8,9). The molecule has 0 saturated carbocycles. The number of hydrogen-bond donors (Lipinski definition) is 2. The van der Waals surface area contributed by atoms with Crippen molar-refractivity contribution in [3.05, 3.63) is 24.3 Å². The molecule has 0 aromatic carbocycles. The summed E-state index contributed by atoms with van der Waals surface area (Å²) in [5.41, 5.74) is -0.106. The molecule has 0 unspecified atom stereocenters. The van der Waals surface area contributed by atoms with Gasteiger partial charge in [-0.25, -0.2) is 9.59 Å². The summed E-state index contributed by atoms with van der Waals surface area (Å²) in [5.74, 6) is -3.28. The van der Waals surface area contributed by atoms with E-state index in [1.54, 1.807) is 0 Å². The Labute approximate surface area is 331 Å². The smallest absolute Gasteiger partial charge is 0.333 e. The Morgan fingerprint density at radius 1 is 0.389 bits per heavy atom. The first-order valence-electron chi connectivity index (χ1n) is 22.3. The Morgan fingerprint density at radius 3 is 0.926 bits per heavy atom. The van der Waals surface area contributed by atoms with Crippen LogP contribution >= 0.6 is 0 Å². The minimum Gasteiger partial charge on any atom is -0.481 e. The highest BCUT2D eigenvalue weighted by molar-refractivity contribution is 5.93. The van der Waals surface area contributed by atoms with Crippen molar-refractivity contribution in [1.82, 2.24) is 0 Å². The highest BCUT2D eigenvalue weighted by Crippen LogP contribution is 2.16. The van der Waals surface area contributed by atoms with Crippen LogP contribution in [0.1, 0.15) is 232 Å². The third-order valence-corrected chi connectivity index (χ3v) is 9.81. The second-order valence-corrected chi connectivity index (χ2v) is 15.2. The highest BCUT2D eigenvalue weighted by atomic mass is 16.5. The Morgan fingerprint density at radius 2 is 0.667 bits per heavy atom. The van der Waals surface area contributed by atoms with E-state index in [-0.39, 0.29) is 23.5 Å². The van der Waals surface area contributed by atoms with Crippen molar-refractivity contribution in [2.24, 2.45) is 0 Å². The third-order valence-electron chi connectivity index (χ3n) is 9.81. The van der Waals surface area contributed by atoms with Gasteiger partial charge < -0.3 is 19.7 Å². The Balaban J connectivity index is 0. The SMILES string of the molecule is C=C(CC(=O)O)C(=O)O.C=C(CC(=O)OCCCCCCCCCCCCCCCCCC)C(=O)OCCCCCCCCCCCCCCCCCC. The summed E-state index contributed by atoms with van der Waals surface area (Å²) >= 11 is 0. The minimum absolute atomic E-state index is 0.0728. The van der Waals surface area contributed by atoms with Gasteiger partial charge in [-0.15, -0.1) is 0 Å². The fourth-order valence-corrected chi connectivity index (χ4v) is 6.31. The number of rotatable bonds is 40. The summed E-state index contributed by atoms with van der Waals surface area (Å²) in [6.07, 6.45) is 41.7. The van der Waals surface area contributed by atoms with Gasteiger partial charge in [0.05, 0.1) is 26.1 Å². The first kappa shape index (κ1) is 53.5. The van der Waals surface area contributed by atoms with Crippen LogP contribution in [0.3, 0.4) is 0 Å². The van der Waals surface area contributed by atoms with Crippen molar-refractivity contribution in [1.29, 1.82) is 0 Å². The molecule has 0 rings (SSSR count). The van der Waals surface area contributed by atoms with Crippen molar-refractivity contribution >= 4 is 23.9 Å². The molecule has 2 N–H and O–H groups in total. The fourth-order valence-electron chi connectivity index (χ4n) is 6.31. The zero-order valence-corrected chi connectivity index (χ0v) is 35.2. The van der Waals surface area contributed by atoms with Crippen LogP contribution in [0.5, 0.6) is 0 Å². The monoisotopic (exact) mass is 765 g/mol. The summed E-state index contributed by atoms with van der Waals surface area (Å²) in [7, 11) is 0. The molecule has 0 amide bonds. The molecule has 0 aliphatic heterocycles. The molecule has 8 nitrogen and oxygen atoms in total. The van der Waals surface area contributed by atoms with E-state index in [0.29, 0.717) is 13.2 Å². The number of esters is 2. The van der Waals surface area contributed by atoms with E-state index in [1.165, 1.54) is 180 Å². The molecule has 0 heterocycles. The molecule has 0 radical (unpaired) electrons. The van der Waals surface area contributed by atoms with E-state index in [1.807, 2.05) is 0 Å². The highest BCUT2D eigenvalue weighted by Gasteiger charge is 2.14. The molecule has 54 heavy (non-hydrogen) atoms. The summed E-state index contributed by atoms with van der Waals surface area (Å²) in [6, 6.07) is 0. The molecule has 0 fully saturated rings. The van der Waals surface area contributed by atoms with Crippen molar-refractivity contribution < 1.29 is 38.9 Å². The number of ether oxygens (including phenoxy) is 2. The van der Waals surface area contributed by atoms with Gasteiger partial charge in [-0.2, -0.15) is 0 Å². The number of carbonyl (C=O) groups excluding carboxylic acids is 2. The number of unbranched alkanes of at least 4 members (excludes halogenated alkanes) is 30. The number of carboxylic acid groups (broad SMARTS) is 2. The van der Waals surface area contributed by atoms with E-state index in [2.05, 4.69) is 27.0 Å².